The zero-order valence-corrected chi connectivity index (χ0v) is 11.0. The van der Waals surface area contributed by atoms with Gasteiger partial charge in [-0.3, -0.25) is 0 Å². The molecule has 2 aliphatic heterocycles. The summed E-state index contributed by atoms with van der Waals surface area (Å²) in [4.78, 5) is 2.29. The minimum atomic E-state index is -0.925. The van der Waals surface area contributed by atoms with Crippen molar-refractivity contribution < 1.29 is 4.74 Å². The third-order valence-electron chi connectivity index (χ3n) is 2.99. The van der Waals surface area contributed by atoms with Crippen molar-refractivity contribution in [2.45, 2.75) is 38.1 Å². The molecule has 84 valence electrons. The average molecular weight is 223 g/mol. The van der Waals surface area contributed by atoms with Crippen LogP contribution in [-0.2, 0) is 4.74 Å². The summed E-state index contributed by atoms with van der Waals surface area (Å²) in [6.45, 7) is 8.84. The maximum Gasteiger partial charge on any atom is 0.118 e. The third kappa shape index (κ3) is 2.95. The van der Waals surface area contributed by atoms with Crippen molar-refractivity contribution in [3.8, 4) is 0 Å². The molecule has 0 saturated heterocycles. The van der Waals surface area contributed by atoms with Crippen molar-refractivity contribution >= 4 is 8.07 Å². The first kappa shape index (κ1) is 11.0. The fourth-order valence-corrected chi connectivity index (χ4v) is 2.54. The summed E-state index contributed by atoms with van der Waals surface area (Å²) in [5.41, 5.74) is 1.48. The lowest BCUT2D eigenvalue weighted by atomic mass is 9.89. The van der Waals surface area contributed by atoms with E-state index in [1.807, 2.05) is 0 Å². The topological polar surface area (TPSA) is 12.5 Å². The Bertz CT molecular complexity index is 290. The van der Waals surface area contributed by atoms with E-state index in [1.165, 1.54) is 18.0 Å². The van der Waals surface area contributed by atoms with Gasteiger partial charge in [0.05, 0.1) is 6.04 Å². The highest BCUT2D eigenvalue weighted by Gasteiger charge is 2.26. The minimum absolute atomic E-state index is 0.622. The molecule has 1 atom stereocenters. The summed E-state index contributed by atoms with van der Waals surface area (Å²) in [6, 6.07) is 1.88. The van der Waals surface area contributed by atoms with E-state index in [0.717, 1.165) is 13.3 Å². The molecular weight excluding hydrogens is 202 g/mol. The Balaban J connectivity index is 1.63. The Kier molecular flexibility index (Phi) is 3.02. The predicted octanol–water partition coefficient (Wildman–Crippen LogP) is 2.83. The van der Waals surface area contributed by atoms with E-state index >= 15 is 0 Å². The molecule has 15 heavy (non-hydrogen) atoms. The Morgan fingerprint density at radius 2 is 2.20 bits per heavy atom. The fourth-order valence-electron chi connectivity index (χ4n) is 1.78. The second kappa shape index (κ2) is 4.14. The van der Waals surface area contributed by atoms with Crippen LogP contribution in [0.25, 0.3) is 0 Å². The van der Waals surface area contributed by atoms with Gasteiger partial charge < -0.3 is 9.64 Å². The molecule has 0 aromatic carbocycles. The molecule has 2 heterocycles. The van der Waals surface area contributed by atoms with Crippen molar-refractivity contribution in [1.29, 1.82) is 0 Å². The smallest absolute Gasteiger partial charge is 0.118 e. The molecule has 2 bridgehead atoms. The van der Waals surface area contributed by atoms with Crippen molar-refractivity contribution in [1.82, 2.24) is 4.90 Å². The van der Waals surface area contributed by atoms with Crippen LogP contribution in [0.3, 0.4) is 0 Å². The van der Waals surface area contributed by atoms with Gasteiger partial charge in [0, 0.05) is 20.9 Å². The van der Waals surface area contributed by atoms with E-state index in [1.54, 1.807) is 0 Å². The maximum absolute atomic E-state index is 5.72. The van der Waals surface area contributed by atoms with Gasteiger partial charge in [-0.1, -0.05) is 25.7 Å². The first-order valence-electron chi connectivity index (χ1n) is 5.77. The Labute approximate surface area is 93.6 Å². The summed E-state index contributed by atoms with van der Waals surface area (Å²) in [7, 11) is -0.925. The van der Waals surface area contributed by atoms with Crippen LogP contribution in [0.1, 0.15) is 6.42 Å². The van der Waals surface area contributed by atoms with Crippen LogP contribution in [-0.4, -0.2) is 32.4 Å². The predicted molar refractivity (Wildman–Crippen MR) is 66.4 cm³/mol. The highest BCUT2D eigenvalue weighted by molar-refractivity contribution is 6.76. The molecule has 0 spiro atoms. The standard InChI is InChI=1S/C12H21NOSi/c1-15(2,3)7-6-14-10-13-5-4-11-8-12(13)9-11/h4-5,8,12H,6-7,9-10H2,1-3H3. The lowest BCUT2D eigenvalue weighted by molar-refractivity contribution is 0.0434. The quantitative estimate of drug-likeness (QED) is 0.525. The maximum atomic E-state index is 5.72. The lowest BCUT2D eigenvalue weighted by Gasteiger charge is -2.38. The summed E-state index contributed by atoms with van der Waals surface area (Å²) >= 11 is 0. The zero-order valence-electron chi connectivity index (χ0n) is 9.99. The summed E-state index contributed by atoms with van der Waals surface area (Å²) in [5.74, 6) is 0. The second-order valence-electron chi connectivity index (χ2n) is 5.69. The molecular formula is C12H21NOSi. The first-order valence-corrected chi connectivity index (χ1v) is 9.48. The second-order valence-corrected chi connectivity index (χ2v) is 11.3. The van der Waals surface area contributed by atoms with Crippen molar-refractivity contribution in [2.24, 2.45) is 0 Å². The number of hydrogen-bond acceptors (Lipinski definition) is 2. The normalized spacial score (nSPS) is 23.8. The van der Waals surface area contributed by atoms with Crippen LogP contribution in [0.15, 0.2) is 23.9 Å². The van der Waals surface area contributed by atoms with Crippen molar-refractivity contribution in [2.75, 3.05) is 13.3 Å². The van der Waals surface area contributed by atoms with Gasteiger partial charge >= 0.3 is 0 Å². The number of rotatable bonds is 5. The molecule has 0 N–H and O–H groups in total. The van der Waals surface area contributed by atoms with Crippen LogP contribution in [0.5, 0.6) is 0 Å². The molecule has 3 heteroatoms. The Morgan fingerprint density at radius 3 is 2.73 bits per heavy atom. The molecule has 0 saturated carbocycles. The van der Waals surface area contributed by atoms with Gasteiger partial charge in [0.1, 0.15) is 6.73 Å². The molecule has 3 rings (SSSR count). The number of fused-ring (bicyclic) bond motifs is 1. The van der Waals surface area contributed by atoms with Gasteiger partial charge in [0.25, 0.3) is 0 Å². The third-order valence-corrected chi connectivity index (χ3v) is 4.70. The highest BCUT2D eigenvalue weighted by atomic mass is 28.3. The number of nitrogens with zero attached hydrogens (tertiary/aromatic N) is 1. The van der Waals surface area contributed by atoms with Crippen LogP contribution in [0.2, 0.25) is 25.7 Å². The highest BCUT2D eigenvalue weighted by Crippen LogP contribution is 2.30. The van der Waals surface area contributed by atoms with E-state index in [2.05, 4.69) is 42.9 Å². The summed E-state index contributed by atoms with van der Waals surface area (Å²) < 4.78 is 5.72. The van der Waals surface area contributed by atoms with E-state index < -0.39 is 8.07 Å². The molecule has 0 fully saturated rings. The number of hydrogen-bond donors (Lipinski definition) is 0. The molecule has 0 radical (unpaired) electrons. The molecule has 0 aromatic rings. The number of ether oxygens (including phenoxy) is 1. The first-order chi connectivity index (χ1) is 7.04. The van der Waals surface area contributed by atoms with Crippen LogP contribution in [0.4, 0.5) is 0 Å². The molecule has 3 aliphatic rings. The monoisotopic (exact) mass is 223 g/mol. The molecule has 0 aromatic heterocycles. The van der Waals surface area contributed by atoms with Gasteiger partial charge in [-0.15, -0.1) is 0 Å². The summed E-state index contributed by atoms with van der Waals surface area (Å²) in [6.07, 6.45) is 7.90. The number of allylic oxidation sites excluding steroid dienone is 1. The average Bonchev–Trinajstić information content (AvgIpc) is 2.10. The lowest BCUT2D eigenvalue weighted by Crippen LogP contribution is -2.39. The molecule has 1 unspecified atom stereocenters. The molecule has 2 nitrogen and oxygen atoms in total. The van der Waals surface area contributed by atoms with Crippen LogP contribution < -0.4 is 0 Å². The van der Waals surface area contributed by atoms with Gasteiger partial charge in [-0.05, 0) is 24.1 Å². The minimum Gasteiger partial charge on any atom is -0.361 e. The van der Waals surface area contributed by atoms with Crippen molar-refractivity contribution in [3.63, 3.8) is 0 Å². The van der Waals surface area contributed by atoms with Crippen molar-refractivity contribution in [3.05, 3.63) is 23.9 Å². The molecule has 0 amide bonds. The Morgan fingerprint density at radius 1 is 1.47 bits per heavy atom. The van der Waals surface area contributed by atoms with Crippen LogP contribution >= 0.6 is 0 Å². The van der Waals surface area contributed by atoms with Gasteiger partial charge in [0.15, 0.2) is 0 Å². The van der Waals surface area contributed by atoms with E-state index in [9.17, 15) is 0 Å². The summed E-state index contributed by atoms with van der Waals surface area (Å²) in [5, 5.41) is 0. The van der Waals surface area contributed by atoms with Gasteiger partial charge in [-0.2, -0.15) is 0 Å². The van der Waals surface area contributed by atoms with E-state index in [0.29, 0.717) is 6.04 Å². The SMILES string of the molecule is C[Si](C)(C)CCOCN1C=CC2=CC1C2. The van der Waals surface area contributed by atoms with E-state index in [-0.39, 0.29) is 0 Å². The van der Waals surface area contributed by atoms with Gasteiger partial charge in [-0.25, -0.2) is 0 Å². The molecule has 1 aliphatic carbocycles. The van der Waals surface area contributed by atoms with E-state index in [4.69, 9.17) is 4.74 Å². The fraction of sp³-hybridized carbons (Fsp3) is 0.667. The Hall–Kier alpha value is -0.543. The van der Waals surface area contributed by atoms with Crippen LogP contribution in [0, 0.1) is 0 Å². The van der Waals surface area contributed by atoms with Gasteiger partial charge in [0.2, 0.25) is 0 Å². The zero-order chi connectivity index (χ0) is 10.9. The largest absolute Gasteiger partial charge is 0.361 e.